The number of carbonyl (C=O) groups excluding carboxylic acids is 1. The highest BCUT2D eigenvalue weighted by atomic mass is 35.5. The van der Waals surface area contributed by atoms with Crippen molar-refractivity contribution in [1.82, 2.24) is 19.5 Å². The molecule has 0 aliphatic rings. The molecule has 13 heteroatoms. The van der Waals surface area contributed by atoms with Crippen LogP contribution in [0.3, 0.4) is 0 Å². The van der Waals surface area contributed by atoms with Crippen LogP contribution in [0.2, 0.25) is 15.1 Å². The molecule has 160 valence electrons. The Morgan fingerprint density at radius 2 is 1.84 bits per heavy atom. The molecule has 1 aromatic carbocycles. The lowest BCUT2D eigenvalue weighted by atomic mass is 10.2. The SMILES string of the molecule is O=CCOc1cc(Cl)c(-c2noc(-c3cn4cc(C(F)(F)F)cc(Cl)c4n3)n2)cc1Cl. The molecule has 0 atom stereocenters. The summed E-state index contributed by atoms with van der Waals surface area (Å²) in [5, 5.41) is 3.96. The lowest BCUT2D eigenvalue weighted by Crippen LogP contribution is -2.06. The normalized spacial score (nSPS) is 11.8. The minimum absolute atomic E-state index is 0.0583. The zero-order valence-electron chi connectivity index (χ0n) is 15.0. The van der Waals surface area contributed by atoms with Crippen LogP contribution in [0.1, 0.15) is 5.56 Å². The highest BCUT2D eigenvalue weighted by molar-refractivity contribution is 6.36. The fourth-order valence-corrected chi connectivity index (χ4v) is 3.40. The summed E-state index contributed by atoms with van der Waals surface area (Å²) in [6.45, 7) is -0.200. The van der Waals surface area contributed by atoms with E-state index in [1.54, 1.807) is 0 Å². The average Bonchev–Trinajstić information content (AvgIpc) is 3.34. The summed E-state index contributed by atoms with van der Waals surface area (Å²) in [7, 11) is 0. The molecule has 0 amide bonds. The van der Waals surface area contributed by atoms with Crippen molar-refractivity contribution in [3.63, 3.8) is 0 Å². The molecule has 4 rings (SSSR count). The van der Waals surface area contributed by atoms with Gasteiger partial charge in [-0.15, -0.1) is 0 Å². The van der Waals surface area contributed by atoms with E-state index in [2.05, 4.69) is 15.1 Å². The molecule has 3 heterocycles. The molecule has 0 fully saturated rings. The molecule has 0 saturated heterocycles. The van der Waals surface area contributed by atoms with E-state index in [0.29, 0.717) is 11.8 Å². The number of nitrogens with zero attached hydrogens (tertiary/aromatic N) is 4. The number of carbonyl (C=O) groups is 1. The van der Waals surface area contributed by atoms with E-state index in [4.69, 9.17) is 44.1 Å². The van der Waals surface area contributed by atoms with Crippen LogP contribution in [-0.4, -0.2) is 32.4 Å². The topological polar surface area (TPSA) is 82.5 Å². The number of halogens is 6. The minimum atomic E-state index is -4.57. The Morgan fingerprint density at radius 3 is 2.55 bits per heavy atom. The Balaban J connectivity index is 1.71. The predicted octanol–water partition coefficient (Wildman–Crippen LogP) is 5.61. The van der Waals surface area contributed by atoms with Gasteiger partial charge in [0.05, 0.1) is 20.6 Å². The molecule has 31 heavy (non-hydrogen) atoms. The van der Waals surface area contributed by atoms with Crippen molar-refractivity contribution in [2.24, 2.45) is 0 Å². The van der Waals surface area contributed by atoms with Crippen LogP contribution in [0.25, 0.3) is 28.6 Å². The third kappa shape index (κ3) is 4.18. The molecule has 0 aliphatic heterocycles. The van der Waals surface area contributed by atoms with Crippen molar-refractivity contribution in [2.45, 2.75) is 6.18 Å². The maximum Gasteiger partial charge on any atom is 0.417 e. The monoisotopic (exact) mass is 490 g/mol. The third-order valence-corrected chi connectivity index (χ3v) is 4.93. The van der Waals surface area contributed by atoms with E-state index in [1.807, 2.05) is 0 Å². The van der Waals surface area contributed by atoms with Crippen LogP contribution in [0.15, 0.2) is 35.1 Å². The molecule has 7 nitrogen and oxygen atoms in total. The van der Waals surface area contributed by atoms with Gasteiger partial charge in [0.2, 0.25) is 5.82 Å². The molecule has 3 aromatic heterocycles. The Kier molecular flexibility index (Phi) is 5.54. The van der Waals surface area contributed by atoms with Gasteiger partial charge in [-0.05, 0) is 12.1 Å². The first-order chi connectivity index (χ1) is 14.7. The van der Waals surface area contributed by atoms with Gasteiger partial charge in [-0.2, -0.15) is 18.2 Å². The van der Waals surface area contributed by atoms with Crippen LogP contribution < -0.4 is 4.74 Å². The minimum Gasteiger partial charge on any atom is -0.485 e. The average molecular weight is 492 g/mol. The van der Waals surface area contributed by atoms with E-state index in [0.717, 1.165) is 16.7 Å². The molecule has 0 unspecified atom stereocenters. The maximum atomic E-state index is 13.0. The smallest absolute Gasteiger partial charge is 0.417 e. The molecule has 0 bridgehead atoms. The van der Waals surface area contributed by atoms with Gasteiger partial charge in [-0.3, -0.25) is 4.79 Å². The van der Waals surface area contributed by atoms with Crippen LogP contribution in [0, 0.1) is 0 Å². The first kappa shape index (κ1) is 21.4. The number of aldehydes is 1. The second kappa shape index (κ2) is 8.03. The number of hydrogen-bond donors (Lipinski definition) is 0. The fraction of sp³-hybridized carbons (Fsp3) is 0.111. The number of ether oxygens (including phenoxy) is 1. The number of alkyl halides is 3. The first-order valence-corrected chi connectivity index (χ1v) is 9.46. The van der Waals surface area contributed by atoms with Crippen molar-refractivity contribution in [3.8, 4) is 28.7 Å². The van der Waals surface area contributed by atoms with E-state index in [1.165, 1.54) is 18.3 Å². The Morgan fingerprint density at radius 1 is 1.06 bits per heavy atom. The summed E-state index contributed by atoms with van der Waals surface area (Å²) >= 11 is 18.3. The first-order valence-electron chi connectivity index (χ1n) is 8.32. The molecular formula is C18H8Cl3F3N4O3. The largest absolute Gasteiger partial charge is 0.485 e. The number of benzene rings is 1. The summed E-state index contributed by atoms with van der Waals surface area (Å²) in [6, 6.07) is 3.60. The van der Waals surface area contributed by atoms with E-state index in [9.17, 15) is 18.0 Å². The van der Waals surface area contributed by atoms with Crippen LogP contribution >= 0.6 is 34.8 Å². The zero-order valence-corrected chi connectivity index (χ0v) is 17.2. The number of rotatable bonds is 5. The second-order valence-electron chi connectivity index (χ2n) is 6.09. The van der Waals surface area contributed by atoms with Gasteiger partial charge in [-0.25, -0.2) is 4.98 Å². The van der Waals surface area contributed by atoms with Crippen LogP contribution in [-0.2, 0) is 11.0 Å². The molecular weight excluding hydrogens is 484 g/mol. The predicted molar refractivity (Wildman–Crippen MR) is 106 cm³/mol. The molecule has 0 spiro atoms. The van der Waals surface area contributed by atoms with E-state index < -0.39 is 11.7 Å². The van der Waals surface area contributed by atoms with Gasteiger partial charge in [0.25, 0.3) is 5.89 Å². The van der Waals surface area contributed by atoms with Crippen LogP contribution in [0.4, 0.5) is 13.2 Å². The van der Waals surface area contributed by atoms with Gasteiger partial charge in [0.1, 0.15) is 18.1 Å². The number of aromatic nitrogens is 4. The molecule has 0 N–H and O–H groups in total. The number of pyridine rings is 1. The van der Waals surface area contributed by atoms with Gasteiger partial charge < -0.3 is 13.7 Å². The van der Waals surface area contributed by atoms with Crippen molar-refractivity contribution >= 4 is 46.7 Å². The van der Waals surface area contributed by atoms with Crippen molar-refractivity contribution in [2.75, 3.05) is 6.61 Å². The number of imidazole rings is 1. The summed E-state index contributed by atoms with van der Waals surface area (Å²) < 4.78 is 50.5. The Labute approximate surface area is 186 Å². The van der Waals surface area contributed by atoms with Gasteiger partial charge >= 0.3 is 6.18 Å². The second-order valence-corrected chi connectivity index (χ2v) is 7.32. The molecule has 0 aliphatic carbocycles. The Bertz CT molecular complexity index is 1300. The third-order valence-electron chi connectivity index (χ3n) is 4.05. The van der Waals surface area contributed by atoms with Crippen molar-refractivity contribution in [3.05, 3.63) is 51.2 Å². The highest BCUT2D eigenvalue weighted by Gasteiger charge is 2.32. The van der Waals surface area contributed by atoms with Gasteiger partial charge in [0.15, 0.2) is 11.9 Å². The number of hydrogen-bond acceptors (Lipinski definition) is 6. The van der Waals surface area contributed by atoms with Crippen molar-refractivity contribution in [1.29, 1.82) is 0 Å². The number of fused-ring (bicyclic) bond motifs is 1. The van der Waals surface area contributed by atoms with Gasteiger partial charge in [-0.1, -0.05) is 40.0 Å². The Hall–Kier alpha value is -2.82. The zero-order chi connectivity index (χ0) is 22.3. The maximum absolute atomic E-state index is 13.0. The molecule has 0 radical (unpaired) electrons. The lowest BCUT2D eigenvalue weighted by molar-refractivity contribution is -0.137. The fourth-order valence-electron chi connectivity index (χ4n) is 2.69. The molecule has 0 saturated carbocycles. The van der Waals surface area contributed by atoms with E-state index >= 15 is 0 Å². The summed E-state index contributed by atoms with van der Waals surface area (Å²) in [6.07, 6.45) is -1.89. The quantitative estimate of drug-likeness (QED) is 0.338. The van der Waals surface area contributed by atoms with E-state index in [-0.39, 0.29) is 50.5 Å². The standard InChI is InChI=1S/C18H8Cl3F3N4O3/c19-10-5-14(30-2-1-29)11(20)4-9(10)15-26-17(31-27-15)13-7-28-6-8(18(22,23)24)3-12(21)16(28)25-13/h1,3-7H,2H2. The summed E-state index contributed by atoms with van der Waals surface area (Å²) in [5.74, 6) is 0.182. The van der Waals surface area contributed by atoms with Gasteiger partial charge in [0, 0.05) is 24.0 Å². The summed E-state index contributed by atoms with van der Waals surface area (Å²) in [4.78, 5) is 18.8. The van der Waals surface area contributed by atoms with Crippen molar-refractivity contribution < 1.29 is 27.2 Å². The lowest BCUT2D eigenvalue weighted by Gasteiger charge is -2.07. The van der Waals surface area contributed by atoms with Crippen LogP contribution in [0.5, 0.6) is 5.75 Å². The highest BCUT2D eigenvalue weighted by Crippen LogP contribution is 2.37. The summed E-state index contributed by atoms with van der Waals surface area (Å²) in [5.41, 5.74) is -0.435. The molecule has 4 aromatic rings.